The monoisotopic (exact) mass is 419 g/mol. The molecule has 0 aromatic heterocycles. The molecule has 0 amide bonds. The molecule has 154 valence electrons. The Kier molecular flexibility index (Phi) is 5.08. The molecule has 2 aromatic rings. The molecule has 2 bridgehead atoms. The minimum absolute atomic E-state index is 0.0925. The summed E-state index contributed by atoms with van der Waals surface area (Å²) in [6, 6.07) is 14.1. The average molecular weight is 420 g/mol. The van der Waals surface area contributed by atoms with Gasteiger partial charge in [-0.15, -0.1) is 11.8 Å². The van der Waals surface area contributed by atoms with Gasteiger partial charge < -0.3 is 4.90 Å². The van der Waals surface area contributed by atoms with Gasteiger partial charge in [0.05, 0.1) is 11.4 Å². The molecule has 5 rings (SSSR count). The molecule has 3 nitrogen and oxygen atoms in total. The van der Waals surface area contributed by atoms with Crippen molar-refractivity contribution < 1.29 is 4.39 Å². The van der Waals surface area contributed by atoms with Crippen molar-refractivity contribution in [3.05, 3.63) is 64.6 Å². The summed E-state index contributed by atoms with van der Waals surface area (Å²) in [6.07, 6.45) is 4.04. The van der Waals surface area contributed by atoms with Gasteiger partial charge >= 0.3 is 0 Å². The molecular formula is C25H26FN3S. The van der Waals surface area contributed by atoms with Crippen LogP contribution in [0.3, 0.4) is 0 Å². The van der Waals surface area contributed by atoms with Crippen molar-refractivity contribution in [2.75, 3.05) is 19.5 Å². The number of hydrogen-bond acceptors (Lipinski definition) is 4. The first-order valence-corrected chi connectivity index (χ1v) is 11.6. The van der Waals surface area contributed by atoms with Crippen LogP contribution in [-0.2, 0) is 6.54 Å². The van der Waals surface area contributed by atoms with Crippen LogP contribution >= 0.6 is 11.8 Å². The number of hydrogen-bond donors (Lipinski definition) is 0. The first-order chi connectivity index (χ1) is 14.5. The highest BCUT2D eigenvalue weighted by atomic mass is 32.2. The van der Waals surface area contributed by atoms with Crippen LogP contribution < -0.4 is 0 Å². The quantitative estimate of drug-likeness (QED) is 0.638. The number of halogens is 1. The molecule has 0 N–H and O–H groups in total. The van der Waals surface area contributed by atoms with Gasteiger partial charge in [-0.3, -0.25) is 4.90 Å². The van der Waals surface area contributed by atoms with Gasteiger partial charge in [0.1, 0.15) is 11.9 Å². The van der Waals surface area contributed by atoms with Crippen LogP contribution in [0.2, 0.25) is 0 Å². The van der Waals surface area contributed by atoms with Gasteiger partial charge in [-0.25, -0.2) is 4.39 Å². The van der Waals surface area contributed by atoms with Crippen LogP contribution in [0.15, 0.2) is 42.1 Å². The number of benzene rings is 2. The van der Waals surface area contributed by atoms with Crippen LogP contribution in [0, 0.1) is 23.1 Å². The van der Waals surface area contributed by atoms with E-state index in [1.165, 1.54) is 53.6 Å². The average Bonchev–Trinajstić information content (AvgIpc) is 3.45. The van der Waals surface area contributed by atoms with E-state index in [2.05, 4.69) is 42.0 Å². The molecular weight excluding hydrogens is 393 g/mol. The molecule has 0 radical (unpaired) electrons. The topological polar surface area (TPSA) is 30.3 Å². The molecule has 2 aliphatic heterocycles. The summed E-state index contributed by atoms with van der Waals surface area (Å²) in [4.78, 5) is 6.21. The third kappa shape index (κ3) is 3.33. The Balaban J connectivity index is 1.62. The standard InChI is InChI=1S/C25H26FN3S/c1-16-25(30-15-28(16)2)24-20(14-29-13-17-6-9-21(29)10-17)4-3-5-22(24)18-7-8-19(12-27)23(26)11-18/h3-5,7-8,11,17,21H,6,9-10,13-15H2,1-2H3. The van der Waals surface area contributed by atoms with Crippen LogP contribution in [0.1, 0.15) is 42.9 Å². The minimum atomic E-state index is -0.454. The fraction of sp³-hybridized carbons (Fsp3) is 0.400. The first kappa shape index (κ1) is 19.7. The second-order valence-electron chi connectivity index (χ2n) is 8.79. The van der Waals surface area contributed by atoms with Gasteiger partial charge in [-0.2, -0.15) is 5.26 Å². The molecule has 2 atom stereocenters. The highest BCUT2D eigenvalue weighted by Crippen LogP contribution is 2.45. The van der Waals surface area contributed by atoms with E-state index in [0.29, 0.717) is 6.04 Å². The summed E-state index contributed by atoms with van der Waals surface area (Å²) in [7, 11) is 2.12. The molecule has 5 heteroatoms. The lowest BCUT2D eigenvalue weighted by Gasteiger charge is -2.28. The summed E-state index contributed by atoms with van der Waals surface area (Å²) in [6.45, 7) is 4.32. The molecule has 3 aliphatic rings. The Morgan fingerprint density at radius 3 is 2.73 bits per heavy atom. The SMILES string of the molecule is CC1=C(c2c(CN3CC4CCC3C4)cccc2-c2ccc(C#N)c(F)c2)SCN1C. The maximum Gasteiger partial charge on any atom is 0.141 e. The number of likely N-dealkylation sites (tertiary alicyclic amines) is 1. The van der Waals surface area contributed by atoms with E-state index in [1.54, 1.807) is 6.07 Å². The Morgan fingerprint density at radius 2 is 2.10 bits per heavy atom. The van der Waals surface area contributed by atoms with Crippen molar-refractivity contribution >= 4 is 16.7 Å². The second-order valence-corrected chi connectivity index (χ2v) is 9.75. The van der Waals surface area contributed by atoms with E-state index in [1.807, 2.05) is 23.9 Å². The molecule has 0 spiro atoms. The van der Waals surface area contributed by atoms with E-state index >= 15 is 0 Å². The highest BCUT2D eigenvalue weighted by molar-refractivity contribution is 8.08. The number of piperidine rings is 1. The van der Waals surface area contributed by atoms with Gasteiger partial charge in [0, 0.05) is 42.3 Å². The second kappa shape index (κ2) is 7.76. The molecule has 2 unspecified atom stereocenters. The van der Waals surface area contributed by atoms with Crippen LogP contribution in [0.25, 0.3) is 16.0 Å². The minimum Gasteiger partial charge on any atom is -0.368 e. The first-order valence-electron chi connectivity index (χ1n) is 10.7. The lowest BCUT2D eigenvalue weighted by Crippen LogP contribution is -2.31. The molecule has 1 saturated heterocycles. The van der Waals surface area contributed by atoms with Crippen molar-refractivity contribution in [1.82, 2.24) is 9.80 Å². The van der Waals surface area contributed by atoms with Gasteiger partial charge in [-0.05, 0) is 60.9 Å². The maximum atomic E-state index is 14.5. The van der Waals surface area contributed by atoms with Crippen molar-refractivity contribution in [3.8, 4) is 17.2 Å². The number of thioether (sulfide) groups is 1. The number of nitriles is 1. The Labute approximate surface area is 182 Å². The van der Waals surface area contributed by atoms with Gasteiger partial charge in [-0.1, -0.05) is 24.3 Å². The molecule has 1 aliphatic carbocycles. The third-order valence-corrected chi connectivity index (χ3v) is 8.28. The van der Waals surface area contributed by atoms with Crippen molar-refractivity contribution in [1.29, 1.82) is 5.26 Å². The van der Waals surface area contributed by atoms with Crippen LogP contribution in [0.4, 0.5) is 4.39 Å². The Hall–Kier alpha value is -2.29. The number of rotatable bonds is 4. The van der Waals surface area contributed by atoms with Crippen molar-refractivity contribution in [2.45, 2.75) is 38.8 Å². The Morgan fingerprint density at radius 1 is 1.23 bits per heavy atom. The zero-order chi connectivity index (χ0) is 20.8. The zero-order valence-corrected chi connectivity index (χ0v) is 18.3. The fourth-order valence-electron chi connectivity index (χ4n) is 5.24. The van der Waals surface area contributed by atoms with Crippen LogP contribution in [-0.4, -0.2) is 35.3 Å². The molecule has 1 saturated carbocycles. The summed E-state index contributed by atoms with van der Waals surface area (Å²) in [5.74, 6) is 1.35. The van der Waals surface area contributed by atoms with E-state index in [0.717, 1.165) is 29.5 Å². The number of nitrogens with zero attached hydrogens (tertiary/aromatic N) is 3. The van der Waals surface area contributed by atoms with E-state index in [-0.39, 0.29) is 5.56 Å². The van der Waals surface area contributed by atoms with Gasteiger partial charge in [0.2, 0.25) is 0 Å². The predicted molar refractivity (Wildman–Crippen MR) is 121 cm³/mol. The summed E-state index contributed by atoms with van der Waals surface area (Å²) >= 11 is 1.86. The summed E-state index contributed by atoms with van der Waals surface area (Å²) in [5, 5.41) is 9.11. The fourth-order valence-corrected chi connectivity index (χ4v) is 6.51. The van der Waals surface area contributed by atoms with E-state index < -0.39 is 5.82 Å². The summed E-state index contributed by atoms with van der Waals surface area (Å²) in [5.41, 5.74) is 5.80. The molecule has 2 aromatic carbocycles. The van der Waals surface area contributed by atoms with E-state index in [9.17, 15) is 4.39 Å². The highest BCUT2D eigenvalue weighted by Gasteiger charge is 2.38. The normalized spacial score (nSPS) is 23.5. The summed E-state index contributed by atoms with van der Waals surface area (Å²) < 4.78 is 14.5. The predicted octanol–water partition coefficient (Wildman–Crippen LogP) is 5.67. The maximum absolute atomic E-state index is 14.5. The van der Waals surface area contributed by atoms with Gasteiger partial charge in [0.15, 0.2) is 0 Å². The number of allylic oxidation sites excluding steroid dienone is 1. The van der Waals surface area contributed by atoms with Crippen molar-refractivity contribution in [3.63, 3.8) is 0 Å². The largest absolute Gasteiger partial charge is 0.368 e. The Bertz CT molecular complexity index is 1070. The third-order valence-electron chi connectivity index (χ3n) is 6.98. The number of fused-ring (bicyclic) bond motifs is 2. The smallest absolute Gasteiger partial charge is 0.141 e. The zero-order valence-electron chi connectivity index (χ0n) is 17.5. The molecule has 2 fully saturated rings. The molecule has 2 heterocycles. The van der Waals surface area contributed by atoms with Gasteiger partial charge in [0.25, 0.3) is 0 Å². The van der Waals surface area contributed by atoms with Crippen molar-refractivity contribution in [2.24, 2.45) is 5.92 Å². The lowest BCUT2D eigenvalue weighted by molar-refractivity contribution is 0.205. The molecule has 30 heavy (non-hydrogen) atoms. The van der Waals surface area contributed by atoms with E-state index in [4.69, 9.17) is 5.26 Å². The lowest BCUT2D eigenvalue weighted by atomic mass is 9.93. The van der Waals surface area contributed by atoms with Crippen LogP contribution in [0.5, 0.6) is 0 Å².